The molecule has 0 unspecified atom stereocenters. The smallest absolute Gasteiger partial charge is 0.227 e. The second-order valence-electron chi connectivity index (χ2n) is 7.83. The van der Waals surface area contributed by atoms with Crippen LogP contribution in [0.25, 0.3) is 11.2 Å². The lowest BCUT2D eigenvalue weighted by Crippen LogP contribution is -2.33. The Labute approximate surface area is 160 Å². The van der Waals surface area contributed by atoms with Crippen LogP contribution in [0.1, 0.15) is 57.4 Å². The predicted octanol–water partition coefficient (Wildman–Crippen LogP) is 2.68. The van der Waals surface area contributed by atoms with E-state index in [1.54, 1.807) is 7.11 Å². The molecule has 2 aromatic rings. The van der Waals surface area contributed by atoms with Crippen molar-refractivity contribution >= 4 is 22.9 Å². The van der Waals surface area contributed by atoms with Gasteiger partial charge in [-0.25, -0.2) is 4.98 Å². The molecule has 8 heteroatoms. The molecule has 0 radical (unpaired) electrons. The van der Waals surface area contributed by atoms with Gasteiger partial charge in [0.15, 0.2) is 17.0 Å². The summed E-state index contributed by atoms with van der Waals surface area (Å²) >= 11 is 0. The highest BCUT2D eigenvalue weighted by atomic mass is 16.5. The van der Waals surface area contributed by atoms with Gasteiger partial charge in [-0.15, -0.1) is 0 Å². The molecule has 0 aromatic carbocycles. The van der Waals surface area contributed by atoms with Gasteiger partial charge < -0.3 is 25.7 Å². The maximum atomic E-state index is 6.04. The molecule has 4 rings (SSSR count). The SMILES string of the molecule is COCCNc1nc(N[C@H]2CC[C@H](N)CC2)nc2c1ncn2C1CCCC1. The van der Waals surface area contributed by atoms with Gasteiger partial charge in [-0.2, -0.15) is 9.97 Å². The van der Waals surface area contributed by atoms with Crippen LogP contribution in [0.4, 0.5) is 11.8 Å². The first-order valence-electron chi connectivity index (χ1n) is 10.2. The second kappa shape index (κ2) is 8.39. The van der Waals surface area contributed by atoms with Crippen LogP contribution in [0.5, 0.6) is 0 Å². The van der Waals surface area contributed by atoms with E-state index in [2.05, 4.69) is 20.2 Å². The Bertz CT molecular complexity index is 748. The number of methoxy groups -OCH3 is 1. The minimum Gasteiger partial charge on any atom is -0.383 e. The Morgan fingerprint density at radius 3 is 2.67 bits per heavy atom. The molecular weight excluding hydrogens is 342 g/mol. The summed E-state index contributed by atoms with van der Waals surface area (Å²) in [4.78, 5) is 14.2. The number of imidazole rings is 1. The van der Waals surface area contributed by atoms with E-state index in [0.717, 1.165) is 42.7 Å². The maximum absolute atomic E-state index is 6.04. The summed E-state index contributed by atoms with van der Waals surface area (Å²) in [5, 5.41) is 6.91. The number of hydrogen-bond acceptors (Lipinski definition) is 7. The van der Waals surface area contributed by atoms with Gasteiger partial charge in [0.1, 0.15) is 0 Å². The van der Waals surface area contributed by atoms with E-state index >= 15 is 0 Å². The van der Waals surface area contributed by atoms with Crippen LogP contribution in [-0.2, 0) is 4.74 Å². The third-order valence-electron chi connectivity index (χ3n) is 5.84. The van der Waals surface area contributed by atoms with Crippen LogP contribution in [-0.4, -0.2) is 51.9 Å². The Kier molecular flexibility index (Phi) is 5.73. The van der Waals surface area contributed by atoms with Crippen molar-refractivity contribution in [3.8, 4) is 0 Å². The highest BCUT2D eigenvalue weighted by molar-refractivity contribution is 5.84. The van der Waals surface area contributed by atoms with E-state index in [1.807, 2.05) is 6.33 Å². The van der Waals surface area contributed by atoms with Gasteiger partial charge in [0.05, 0.1) is 12.9 Å². The molecule has 0 bridgehead atoms. The van der Waals surface area contributed by atoms with Gasteiger partial charge in [0, 0.05) is 31.8 Å². The Morgan fingerprint density at radius 2 is 1.93 bits per heavy atom. The van der Waals surface area contributed by atoms with Crippen LogP contribution < -0.4 is 16.4 Å². The normalized spacial score (nSPS) is 23.8. The summed E-state index contributed by atoms with van der Waals surface area (Å²) in [7, 11) is 1.70. The van der Waals surface area contributed by atoms with E-state index in [1.165, 1.54) is 25.7 Å². The topological polar surface area (TPSA) is 103 Å². The average molecular weight is 374 g/mol. The van der Waals surface area contributed by atoms with Crippen molar-refractivity contribution in [1.29, 1.82) is 0 Å². The van der Waals surface area contributed by atoms with Crippen molar-refractivity contribution in [2.24, 2.45) is 5.73 Å². The molecule has 0 spiro atoms. The molecule has 2 aromatic heterocycles. The molecule has 2 heterocycles. The molecule has 2 aliphatic carbocycles. The third-order valence-corrected chi connectivity index (χ3v) is 5.84. The highest BCUT2D eigenvalue weighted by Gasteiger charge is 2.23. The fourth-order valence-corrected chi connectivity index (χ4v) is 4.27. The van der Waals surface area contributed by atoms with E-state index < -0.39 is 0 Å². The molecule has 2 saturated carbocycles. The van der Waals surface area contributed by atoms with Crippen molar-refractivity contribution in [3.63, 3.8) is 0 Å². The number of rotatable bonds is 7. The standard InChI is InChI=1S/C19H31N7O/c1-27-11-10-21-17-16-18(26(12-22-16)15-4-2-3-5-15)25-19(24-17)23-14-8-6-13(20)7-9-14/h12-15H,2-11,20H2,1H3,(H2,21,23,24,25)/t13-,14-. The summed E-state index contributed by atoms with van der Waals surface area (Å²) in [5.41, 5.74) is 7.81. The zero-order chi connectivity index (χ0) is 18.6. The molecule has 0 aliphatic heterocycles. The summed E-state index contributed by atoms with van der Waals surface area (Å²) in [5.74, 6) is 1.46. The lowest BCUT2D eigenvalue weighted by molar-refractivity contribution is 0.210. The van der Waals surface area contributed by atoms with Crippen LogP contribution in [0.15, 0.2) is 6.33 Å². The highest BCUT2D eigenvalue weighted by Crippen LogP contribution is 2.33. The first-order valence-corrected chi connectivity index (χ1v) is 10.2. The lowest BCUT2D eigenvalue weighted by Gasteiger charge is -2.27. The first-order chi connectivity index (χ1) is 13.2. The molecule has 4 N–H and O–H groups in total. The quantitative estimate of drug-likeness (QED) is 0.641. The summed E-state index contributed by atoms with van der Waals surface area (Å²) in [6.45, 7) is 1.31. The first kappa shape index (κ1) is 18.4. The zero-order valence-electron chi connectivity index (χ0n) is 16.2. The van der Waals surface area contributed by atoms with E-state index in [9.17, 15) is 0 Å². The van der Waals surface area contributed by atoms with Gasteiger partial charge in [-0.1, -0.05) is 12.8 Å². The van der Waals surface area contributed by atoms with Crippen LogP contribution in [0, 0.1) is 0 Å². The molecule has 27 heavy (non-hydrogen) atoms. The maximum Gasteiger partial charge on any atom is 0.227 e. The number of nitrogens with two attached hydrogens (primary N) is 1. The van der Waals surface area contributed by atoms with Crippen LogP contribution in [0.3, 0.4) is 0 Å². The number of ether oxygens (including phenoxy) is 1. The fraction of sp³-hybridized carbons (Fsp3) is 0.737. The number of aromatic nitrogens is 4. The molecule has 0 atom stereocenters. The van der Waals surface area contributed by atoms with Crippen molar-refractivity contribution in [2.45, 2.75) is 69.5 Å². The molecule has 2 aliphatic rings. The molecule has 2 fully saturated rings. The number of hydrogen-bond donors (Lipinski definition) is 3. The van der Waals surface area contributed by atoms with E-state index in [0.29, 0.717) is 37.2 Å². The van der Waals surface area contributed by atoms with Gasteiger partial charge in [-0.3, -0.25) is 0 Å². The number of nitrogens with one attached hydrogen (secondary N) is 2. The largest absolute Gasteiger partial charge is 0.383 e. The molecular formula is C19H31N7O. The average Bonchev–Trinajstić information content (AvgIpc) is 3.33. The summed E-state index contributed by atoms with van der Waals surface area (Å²) < 4.78 is 7.41. The van der Waals surface area contributed by atoms with Gasteiger partial charge in [-0.05, 0) is 38.5 Å². The minimum atomic E-state index is 0.335. The third kappa shape index (κ3) is 4.16. The van der Waals surface area contributed by atoms with E-state index in [4.69, 9.17) is 20.4 Å². The Balaban J connectivity index is 1.62. The number of fused-ring (bicyclic) bond motifs is 1. The van der Waals surface area contributed by atoms with Gasteiger partial charge in [0.25, 0.3) is 0 Å². The summed E-state index contributed by atoms with van der Waals surface area (Å²) in [6, 6.07) is 1.22. The van der Waals surface area contributed by atoms with Crippen LogP contribution in [0.2, 0.25) is 0 Å². The molecule has 8 nitrogen and oxygen atoms in total. The predicted molar refractivity (Wildman–Crippen MR) is 107 cm³/mol. The van der Waals surface area contributed by atoms with Crippen molar-refractivity contribution in [2.75, 3.05) is 30.9 Å². The van der Waals surface area contributed by atoms with Crippen LogP contribution >= 0.6 is 0 Å². The monoisotopic (exact) mass is 373 g/mol. The number of anilines is 2. The number of nitrogens with zero attached hydrogens (tertiary/aromatic N) is 4. The van der Waals surface area contributed by atoms with Crippen molar-refractivity contribution < 1.29 is 4.74 Å². The van der Waals surface area contributed by atoms with Crippen molar-refractivity contribution in [1.82, 2.24) is 19.5 Å². The molecule has 0 amide bonds. The van der Waals surface area contributed by atoms with Gasteiger partial charge >= 0.3 is 0 Å². The van der Waals surface area contributed by atoms with Gasteiger partial charge in [0.2, 0.25) is 5.95 Å². The molecule has 148 valence electrons. The van der Waals surface area contributed by atoms with Crippen molar-refractivity contribution in [3.05, 3.63) is 6.33 Å². The molecule has 0 saturated heterocycles. The Hall–Kier alpha value is -1.93. The lowest BCUT2D eigenvalue weighted by atomic mass is 9.92. The summed E-state index contributed by atoms with van der Waals surface area (Å²) in [6.07, 6.45) is 11.1. The minimum absolute atomic E-state index is 0.335. The zero-order valence-corrected chi connectivity index (χ0v) is 16.2. The fourth-order valence-electron chi connectivity index (χ4n) is 4.27. The Morgan fingerprint density at radius 1 is 1.15 bits per heavy atom. The second-order valence-corrected chi connectivity index (χ2v) is 7.83. The van der Waals surface area contributed by atoms with E-state index in [-0.39, 0.29) is 0 Å².